The number of rotatable bonds is 3. The first-order chi connectivity index (χ1) is 9.60. The van der Waals surface area contributed by atoms with Crippen molar-refractivity contribution in [3.8, 4) is 0 Å². The molecule has 4 nitrogen and oxygen atoms in total. The number of hydrogen-bond donors (Lipinski definition) is 2. The highest BCUT2D eigenvalue weighted by molar-refractivity contribution is 6.31. The minimum atomic E-state index is 0.105. The molecular weight excluding hydrogens is 272 g/mol. The van der Waals surface area contributed by atoms with Gasteiger partial charge in [0.2, 0.25) is 0 Å². The third kappa shape index (κ3) is 2.11. The number of nitrogens with zero attached hydrogens (tertiary/aromatic N) is 2. The molecule has 0 aliphatic rings. The zero-order valence-electron chi connectivity index (χ0n) is 11.5. The van der Waals surface area contributed by atoms with Crippen LogP contribution in [0.5, 0.6) is 0 Å². The molecule has 20 heavy (non-hydrogen) atoms. The van der Waals surface area contributed by atoms with Gasteiger partial charge in [0.05, 0.1) is 5.69 Å². The summed E-state index contributed by atoms with van der Waals surface area (Å²) in [7, 11) is 1.95. The second-order valence-corrected chi connectivity index (χ2v) is 5.49. The first-order valence-corrected chi connectivity index (χ1v) is 6.95. The molecule has 0 saturated carbocycles. The molecule has 1 unspecified atom stereocenters. The molecule has 0 saturated heterocycles. The van der Waals surface area contributed by atoms with E-state index in [1.165, 1.54) is 0 Å². The van der Waals surface area contributed by atoms with E-state index in [9.17, 15) is 0 Å². The van der Waals surface area contributed by atoms with Crippen LogP contribution in [0.4, 0.5) is 0 Å². The lowest BCUT2D eigenvalue weighted by Gasteiger charge is -2.14. The fraction of sp³-hybridized carbons (Fsp3) is 0.267. The summed E-state index contributed by atoms with van der Waals surface area (Å²) in [4.78, 5) is 3.28. The molecule has 3 aromatic rings. The maximum Gasteiger partial charge on any atom is 0.0596 e. The minimum absolute atomic E-state index is 0.105. The predicted octanol–water partition coefficient (Wildman–Crippen LogP) is 2.95. The Bertz CT molecular complexity index is 756. The second-order valence-electron chi connectivity index (χ2n) is 5.06. The smallest absolute Gasteiger partial charge is 0.0596 e. The van der Waals surface area contributed by atoms with Crippen LogP contribution in [0.3, 0.4) is 0 Å². The Morgan fingerprint density at radius 3 is 2.85 bits per heavy atom. The van der Waals surface area contributed by atoms with Gasteiger partial charge in [0.15, 0.2) is 0 Å². The van der Waals surface area contributed by atoms with Crippen LogP contribution in [0.2, 0.25) is 5.02 Å². The Morgan fingerprint density at radius 1 is 1.40 bits per heavy atom. The molecule has 0 radical (unpaired) electrons. The van der Waals surface area contributed by atoms with E-state index in [1.807, 2.05) is 43.0 Å². The molecule has 0 aliphatic heterocycles. The summed E-state index contributed by atoms with van der Waals surface area (Å²) in [6.45, 7) is 2.52. The minimum Gasteiger partial charge on any atom is -0.361 e. The number of fused-ring (bicyclic) bond motifs is 1. The summed E-state index contributed by atoms with van der Waals surface area (Å²) in [5.41, 5.74) is 10.4. The van der Waals surface area contributed by atoms with Gasteiger partial charge in [-0.05, 0) is 36.8 Å². The molecule has 3 N–H and O–H groups in total. The number of nitrogens with two attached hydrogens (primary N) is 1. The maximum absolute atomic E-state index is 6.11. The van der Waals surface area contributed by atoms with E-state index in [0.717, 1.165) is 32.9 Å². The van der Waals surface area contributed by atoms with E-state index < -0.39 is 0 Å². The van der Waals surface area contributed by atoms with Crippen LogP contribution in [0.25, 0.3) is 10.9 Å². The van der Waals surface area contributed by atoms with Crippen molar-refractivity contribution in [1.29, 1.82) is 0 Å². The highest BCUT2D eigenvalue weighted by atomic mass is 35.5. The van der Waals surface area contributed by atoms with Crippen molar-refractivity contribution in [1.82, 2.24) is 14.8 Å². The fourth-order valence-electron chi connectivity index (χ4n) is 2.77. The molecule has 0 amide bonds. The number of nitrogens with one attached hydrogen (secondary N) is 1. The molecule has 2 heterocycles. The normalized spacial score (nSPS) is 13.0. The van der Waals surface area contributed by atoms with Crippen molar-refractivity contribution in [3.63, 3.8) is 0 Å². The largest absolute Gasteiger partial charge is 0.361 e. The molecule has 1 aromatic carbocycles. The van der Waals surface area contributed by atoms with Gasteiger partial charge in [0.1, 0.15) is 0 Å². The third-order valence-electron chi connectivity index (χ3n) is 3.68. The first kappa shape index (κ1) is 13.2. The van der Waals surface area contributed by atoms with Crippen LogP contribution >= 0.6 is 11.6 Å². The molecule has 5 heteroatoms. The standard InChI is InChI=1S/C15H17ClN4/c1-9-5-15(20(2)19-9)12(7-17)13-8-18-14-4-3-10(16)6-11(13)14/h3-6,8,12,18H,7,17H2,1-2H3. The van der Waals surface area contributed by atoms with Gasteiger partial charge in [0, 0.05) is 47.3 Å². The number of H-pyrrole nitrogens is 1. The summed E-state index contributed by atoms with van der Waals surface area (Å²) in [5.74, 6) is 0.105. The molecule has 3 rings (SSSR count). The van der Waals surface area contributed by atoms with Crippen molar-refractivity contribution in [2.24, 2.45) is 12.8 Å². The number of hydrogen-bond acceptors (Lipinski definition) is 2. The van der Waals surface area contributed by atoms with E-state index in [-0.39, 0.29) is 5.92 Å². The van der Waals surface area contributed by atoms with Crippen LogP contribution in [-0.2, 0) is 7.05 Å². The molecular formula is C15H17ClN4. The number of aryl methyl sites for hydroxylation is 2. The number of aromatic nitrogens is 3. The third-order valence-corrected chi connectivity index (χ3v) is 3.92. The highest BCUT2D eigenvalue weighted by Gasteiger charge is 2.20. The predicted molar refractivity (Wildman–Crippen MR) is 82.2 cm³/mol. The number of halogens is 1. The van der Waals surface area contributed by atoms with Gasteiger partial charge in [-0.1, -0.05) is 11.6 Å². The van der Waals surface area contributed by atoms with Gasteiger partial charge in [-0.15, -0.1) is 0 Å². The molecule has 0 aliphatic carbocycles. The lowest BCUT2D eigenvalue weighted by Crippen LogP contribution is -2.16. The van der Waals surface area contributed by atoms with Gasteiger partial charge in [-0.3, -0.25) is 4.68 Å². The van der Waals surface area contributed by atoms with Crippen LogP contribution in [0, 0.1) is 6.92 Å². The summed E-state index contributed by atoms with van der Waals surface area (Å²) in [5, 5.41) is 6.26. The van der Waals surface area contributed by atoms with E-state index in [1.54, 1.807) is 0 Å². The van der Waals surface area contributed by atoms with Gasteiger partial charge in [-0.2, -0.15) is 5.10 Å². The van der Waals surface area contributed by atoms with Crippen molar-refractivity contribution in [3.05, 3.63) is 52.4 Å². The van der Waals surface area contributed by atoms with Gasteiger partial charge < -0.3 is 10.7 Å². The van der Waals surface area contributed by atoms with Gasteiger partial charge in [-0.25, -0.2) is 0 Å². The average molecular weight is 289 g/mol. The van der Waals surface area contributed by atoms with Crippen molar-refractivity contribution in [2.75, 3.05) is 6.54 Å². The Kier molecular flexibility index (Phi) is 3.28. The molecule has 0 fully saturated rings. The van der Waals surface area contributed by atoms with Crippen molar-refractivity contribution >= 4 is 22.5 Å². The Morgan fingerprint density at radius 2 is 2.20 bits per heavy atom. The maximum atomic E-state index is 6.11. The van der Waals surface area contributed by atoms with Crippen molar-refractivity contribution in [2.45, 2.75) is 12.8 Å². The highest BCUT2D eigenvalue weighted by Crippen LogP contribution is 2.31. The van der Waals surface area contributed by atoms with E-state index >= 15 is 0 Å². The topological polar surface area (TPSA) is 59.6 Å². The zero-order chi connectivity index (χ0) is 14.3. The monoisotopic (exact) mass is 288 g/mol. The lowest BCUT2D eigenvalue weighted by atomic mass is 9.95. The van der Waals surface area contributed by atoms with Crippen LogP contribution in [0.1, 0.15) is 22.9 Å². The Hall–Kier alpha value is -1.78. The van der Waals surface area contributed by atoms with Gasteiger partial charge >= 0.3 is 0 Å². The summed E-state index contributed by atoms with van der Waals surface area (Å²) < 4.78 is 1.90. The van der Waals surface area contributed by atoms with Gasteiger partial charge in [0.25, 0.3) is 0 Å². The quantitative estimate of drug-likeness (QED) is 0.778. The SMILES string of the molecule is Cc1cc(C(CN)c2c[nH]c3ccc(Cl)cc23)n(C)n1. The molecule has 104 valence electrons. The van der Waals surface area contributed by atoms with E-state index in [2.05, 4.69) is 16.1 Å². The number of aromatic amines is 1. The Labute approximate surface area is 122 Å². The summed E-state index contributed by atoms with van der Waals surface area (Å²) in [6, 6.07) is 7.94. The second kappa shape index (κ2) is 4.96. The van der Waals surface area contributed by atoms with E-state index in [0.29, 0.717) is 6.54 Å². The molecule has 2 aromatic heterocycles. The average Bonchev–Trinajstić information content (AvgIpc) is 2.95. The molecule has 1 atom stereocenters. The van der Waals surface area contributed by atoms with Crippen LogP contribution < -0.4 is 5.73 Å². The molecule has 0 spiro atoms. The fourth-order valence-corrected chi connectivity index (χ4v) is 2.94. The summed E-state index contributed by atoms with van der Waals surface area (Å²) in [6.07, 6.45) is 2.01. The Balaban J connectivity index is 2.16. The lowest BCUT2D eigenvalue weighted by molar-refractivity contribution is 0.662. The van der Waals surface area contributed by atoms with Crippen molar-refractivity contribution < 1.29 is 0 Å². The van der Waals surface area contributed by atoms with Crippen LogP contribution in [0.15, 0.2) is 30.5 Å². The summed E-state index contributed by atoms with van der Waals surface area (Å²) >= 11 is 6.11. The molecule has 0 bridgehead atoms. The number of benzene rings is 1. The van der Waals surface area contributed by atoms with Crippen LogP contribution in [-0.4, -0.2) is 21.3 Å². The zero-order valence-corrected chi connectivity index (χ0v) is 12.3. The first-order valence-electron chi connectivity index (χ1n) is 6.57. The van der Waals surface area contributed by atoms with E-state index in [4.69, 9.17) is 17.3 Å².